The summed E-state index contributed by atoms with van der Waals surface area (Å²) in [5.74, 6) is -0.357. The Morgan fingerprint density at radius 2 is 1.83 bits per heavy atom. The number of hydrogen-bond donors (Lipinski definition) is 1. The van der Waals surface area contributed by atoms with E-state index in [0.29, 0.717) is 0 Å². The molecular weight excluding hydrogens is 249 g/mol. The van der Waals surface area contributed by atoms with Gasteiger partial charge >= 0.3 is 6.36 Å². The molecule has 102 valence electrons. The van der Waals surface area contributed by atoms with Crippen LogP contribution >= 0.6 is 0 Å². The van der Waals surface area contributed by atoms with Gasteiger partial charge in [0, 0.05) is 5.56 Å². The molecule has 1 unspecified atom stereocenters. The van der Waals surface area contributed by atoms with Gasteiger partial charge in [-0.2, -0.15) is 0 Å². The summed E-state index contributed by atoms with van der Waals surface area (Å²) < 4.78 is 45.9. The molecule has 1 aromatic rings. The zero-order chi connectivity index (χ0) is 13.8. The van der Waals surface area contributed by atoms with Gasteiger partial charge in [-0.1, -0.05) is 18.2 Å². The van der Waals surface area contributed by atoms with Crippen molar-refractivity contribution in [3.05, 3.63) is 29.8 Å². The van der Waals surface area contributed by atoms with Crippen molar-refractivity contribution in [3.8, 4) is 5.75 Å². The van der Waals surface area contributed by atoms with E-state index in [-0.39, 0.29) is 17.4 Å². The number of hydrogen-bond acceptors (Lipinski definition) is 3. The summed E-state index contributed by atoms with van der Waals surface area (Å²) in [6, 6.07) is 5.61. The predicted molar refractivity (Wildman–Crippen MR) is 59.2 cm³/mol. The normalized spacial score (nSPS) is 13.7. The van der Waals surface area contributed by atoms with E-state index in [2.05, 4.69) is 4.74 Å². The molecular formula is C12H15F3O3. The minimum atomic E-state index is -4.77. The van der Waals surface area contributed by atoms with Gasteiger partial charge in [-0.05, 0) is 19.9 Å². The number of ether oxygens (including phenoxy) is 2. The predicted octanol–water partition coefficient (Wildman–Crippen LogP) is 3.04. The van der Waals surface area contributed by atoms with E-state index in [9.17, 15) is 18.3 Å². The van der Waals surface area contributed by atoms with Crippen molar-refractivity contribution < 1.29 is 27.8 Å². The number of para-hydroxylation sites is 1. The fraction of sp³-hybridized carbons (Fsp3) is 0.500. The first-order valence-corrected chi connectivity index (χ1v) is 5.44. The molecule has 0 bridgehead atoms. The molecule has 0 heterocycles. The molecule has 0 aliphatic rings. The van der Waals surface area contributed by atoms with E-state index in [1.165, 1.54) is 18.2 Å². The molecule has 6 heteroatoms. The minimum Gasteiger partial charge on any atom is -0.405 e. The van der Waals surface area contributed by atoms with E-state index in [4.69, 9.17) is 4.74 Å². The average Bonchev–Trinajstić information content (AvgIpc) is 2.24. The molecule has 0 spiro atoms. The first kappa shape index (κ1) is 14.8. The van der Waals surface area contributed by atoms with Crippen LogP contribution in [0.5, 0.6) is 5.75 Å². The number of rotatable bonds is 5. The maximum atomic E-state index is 12.2. The van der Waals surface area contributed by atoms with Gasteiger partial charge in [0.05, 0.1) is 12.7 Å². The van der Waals surface area contributed by atoms with E-state index in [0.717, 1.165) is 0 Å². The minimum absolute atomic E-state index is 0.172. The van der Waals surface area contributed by atoms with Crippen LogP contribution in [0.25, 0.3) is 0 Å². The van der Waals surface area contributed by atoms with E-state index >= 15 is 0 Å². The first-order chi connectivity index (χ1) is 8.33. The number of aliphatic hydroxyl groups is 1. The summed E-state index contributed by atoms with van der Waals surface area (Å²) in [5, 5.41) is 9.19. The zero-order valence-electron chi connectivity index (χ0n) is 10.1. The van der Waals surface area contributed by atoms with Crippen LogP contribution < -0.4 is 4.74 Å². The van der Waals surface area contributed by atoms with Gasteiger partial charge in [-0.25, -0.2) is 0 Å². The highest BCUT2D eigenvalue weighted by Gasteiger charge is 2.33. The SMILES string of the molecule is CC(C)OC(CO)c1ccccc1OC(F)(F)F. The molecule has 0 radical (unpaired) electrons. The smallest absolute Gasteiger partial charge is 0.405 e. The molecule has 0 saturated heterocycles. The van der Waals surface area contributed by atoms with Crippen LogP contribution in [0.15, 0.2) is 24.3 Å². The zero-order valence-corrected chi connectivity index (χ0v) is 10.1. The molecule has 0 amide bonds. The number of aliphatic hydroxyl groups excluding tert-OH is 1. The summed E-state index contributed by atoms with van der Waals surface area (Å²) in [4.78, 5) is 0. The molecule has 0 aliphatic carbocycles. The van der Waals surface area contributed by atoms with E-state index in [1.807, 2.05) is 0 Å². The van der Waals surface area contributed by atoms with Crippen LogP contribution in [0, 0.1) is 0 Å². The Hall–Kier alpha value is -1.27. The average molecular weight is 264 g/mol. The molecule has 1 atom stereocenters. The fourth-order valence-electron chi connectivity index (χ4n) is 1.51. The summed E-state index contributed by atoms with van der Waals surface area (Å²) >= 11 is 0. The Morgan fingerprint density at radius 3 is 2.33 bits per heavy atom. The summed E-state index contributed by atoms with van der Waals surface area (Å²) in [7, 11) is 0. The van der Waals surface area contributed by atoms with Crippen molar-refractivity contribution >= 4 is 0 Å². The van der Waals surface area contributed by atoms with Crippen molar-refractivity contribution in [2.75, 3.05) is 6.61 Å². The van der Waals surface area contributed by atoms with Crippen molar-refractivity contribution in [3.63, 3.8) is 0 Å². The molecule has 3 nitrogen and oxygen atoms in total. The summed E-state index contributed by atoms with van der Waals surface area (Å²) in [5.41, 5.74) is 0.172. The van der Waals surface area contributed by atoms with E-state index < -0.39 is 19.1 Å². The molecule has 18 heavy (non-hydrogen) atoms. The highest BCUT2D eigenvalue weighted by atomic mass is 19.4. The number of benzene rings is 1. The van der Waals surface area contributed by atoms with Crippen molar-refractivity contribution in [2.45, 2.75) is 32.4 Å². The lowest BCUT2D eigenvalue weighted by molar-refractivity contribution is -0.275. The van der Waals surface area contributed by atoms with Gasteiger partial charge < -0.3 is 14.6 Å². The lowest BCUT2D eigenvalue weighted by Crippen LogP contribution is -2.20. The quantitative estimate of drug-likeness (QED) is 0.888. The lowest BCUT2D eigenvalue weighted by atomic mass is 10.1. The third-order valence-electron chi connectivity index (χ3n) is 2.09. The van der Waals surface area contributed by atoms with Crippen molar-refractivity contribution in [1.82, 2.24) is 0 Å². The van der Waals surface area contributed by atoms with Gasteiger partial charge in [0.15, 0.2) is 0 Å². The second-order valence-corrected chi connectivity index (χ2v) is 3.94. The second-order valence-electron chi connectivity index (χ2n) is 3.94. The van der Waals surface area contributed by atoms with Crippen LogP contribution in [0.1, 0.15) is 25.5 Å². The highest BCUT2D eigenvalue weighted by Crippen LogP contribution is 2.32. The Morgan fingerprint density at radius 1 is 1.22 bits per heavy atom. The van der Waals surface area contributed by atoms with Gasteiger partial charge in [0.25, 0.3) is 0 Å². The van der Waals surface area contributed by atoms with Crippen LogP contribution in [0.3, 0.4) is 0 Å². The Labute approximate surface area is 103 Å². The standard InChI is InChI=1S/C12H15F3O3/c1-8(2)17-11(7-16)9-5-3-4-6-10(9)18-12(13,14)15/h3-6,8,11,16H,7H2,1-2H3. The summed E-state index contributed by atoms with van der Waals surface area (Å²) in [6.45, 7) is 3.04. The topological polar surface area (TPSA) is 38.7 Å². The van der Waals surface area contributed by atoms with Gasteiger partial charge in [0.2, 0.25) is 0 Å². The molecule has 1 rings (SSSR count). The van der Waals surface area contributed by atoms with Gasteiger partial charge in [0.1, 0.15) is 11.9 Å². The first-order valence-electron chi connectivity index (χ1n) is 5.44. The largest absolute Gasteiger partial charge is 0.573 e. The highest BCUT2D eigenvalue weighted by molar-refractivity contribution is 5.35. The number of halogens is 3. The second kappa shape index (κ2) is 6.06. The van der Waals surface area contributed by atoms with Crippen molar-refractivity contribution in [2.24, 2.45) is 0 Å². The van der Waals surface area contributed by atoms with Crippen LogP contribution in [0.2, 0.25) is 0 Å². The maximum Gasteiger partial charge on any atom is 0.573 e. The molecule has 0 saturated carbocycles. The lowest BCUT2D eigenvalue weighted by Gasteiger charge is -2.21. The number of alkyl halides is 3. The third-order valence-corrected chi connectivity index (χ3v) is 2.09. The van der Waals surface area contributed by atoms with Crippen LogP contribution in [0.4, 0.5) is 13.2 Å². The van der Waals surface area contributed by atoms with Crippen molar-refractivity contribution in [1.29, 1.82) is 0 Å². The Bertz CT molecular complexity index is 377. The molecule has 1 N–H and O–H groups in total. The van der Waals surface area contributed by atoms with Crippen LogP contribution in [-0.2, 0) is 4.74 Å². The Kier molecular flexibility index (Phi) is 4.98. The molecule has 0 fully saturated rings. The van der Waals surface area contributed by atoms with Crippen LogP contribution in [-0.4, -0.2) is 24.2 Å². The molecule has 0 aromatic heterocycles. The Balaban J connectivity index is 2.99. The monoisotopic (exact) mass is 264 g/mol. The molecule has 1 aromatic carbocycles. The van der Waals surface area contributed by atoms with Gasteiger partial charge in [-0.3, -0.25) is 0 Å². The van der Waals surface area contributed by atoms with E-state index in [1.54, 1.807) is 19.9 Å². The summed E-state index contributed by atoms with van der Waals surface area (Å²) in [6.07, 6.45) is -5.84. The third kappa shape index (κ3) is 4.54. The maximum absolute atomic E-state index is 12.2. The van der Waals surface area contributed by atoms with Gasteiger partial charge in [-0.15, -0.1) is 13.2 Å². The molecule has 0 aliphatic heterocycles. The fourth-order valence-corrected chi connectivity index (χ4v) is 1.51.